The number of β-amino-alcohol motifs (C(OH)–C–C–N with tert-alkyl or cyclic N) is 2. The van der Waals surface area contributed by atoms with Crippen LogP contribution in [-0.4, -0.2) is 52.9 Å². The van der Waals surface area contributed by atoms with Gasteiger partial charge in [-0.3, -0.25) is 9.69 Å². The van der Waals surface area contributed by atoms with Gasteiger partial charge in [-0.2, -0.15) is 0 Å². The lowest BCUT2D eigenvalue weighted by atomic mass is 10.2. The van der Waals surface area contributed by atoms with Crippen LogP contribution in [0.4, 0.5) is 5.69 Å². The highest BCUT2D eigenvalue weighted by Gasteiger charge is 2.30. The van der Waals surface area contributed by atoms with Crippen molar-refractivity contribution in [3.05, 3.63) is 28.8 Å². The number of rotatable bonds is 3. The number of carbonyl (C=O) groups excluding carboxylic acids is 1. The maximum absolute atomic E-state index is 11.9. The fourth-order valence-electron chi connectivity index (χ4n) is 2.14. The van der Waals surface area contributed by atoms with Crippen LogP contribution >= 0.6 is 11.6 Å². The Morgan fingerprint density at radius 2 is 2.05 bits per heavy atom. The van der Waals surface area contributed by atoms with Crippen LogP contribution in [-0.2, 0) is 4.79 Å². The number of benzene rings is 1. The average Bonchev–Trinajstić information content (AvgIpc) is 2.62. The molecule has 0 aromatic heterocycles. The lowest BCUT2D eigenvalue weighted by Crippen LogP contribution is -2.32. The molecule has 1 amide bonds. The normalized spacial score (nSPS) is 23.6. The van der Waals surface area contributed by atoms with E-state index in [2.05, 4.69) is 5.32 Å². The van der Waals surface area contributed by atoms with Gasteiger partial charge < -0.3 is 15.5 Å². The Morgan fingerprint density at radius 3 is 2.63 bits per heavy atom. The third-order valence-electron chi connectivity index (χ3n) is 3.16. The summed E-state index contributed by atoms with van der Waals surface area (Å²) in [5.74, 6) is -0.174. The number of likely N-dealkylation sites (tertiary alicyclic amines) is 1. The summed E-state index contributed by atoms with van der Waals surface area (Å²) in [6.45, 7) is 2.64. The summed E-state index contributed by atoms with van der Waals surface area (Å²) in [7, 11) is 0. The summed E-state index contributed by atoms with van der Waals surface area (Å²) in [6, 6.07) is 5.25. The van der Waals surface area contributed by atoms with Gasteiger partial charge in [-0.1, -0.05) is 11.6 Å². The smallest absolute Gasteiger partial charge is 0.238 e. The van der Waals surface area contributed by atoms with Gasteiger partial charge in [-0.15, -0.1) is 0 Å². The van der Waals surface area contributed by atoms with E-state index in [9.17, 15) is 15.0 Å². The molecule has 1 aromatic rings. The third kappa shape index (κ3) is 3.67. The molecule has 1 saturated heterocycles. The topological polar surface area (TPSA) is 72.8 Å². The number of aryl methyl sites for hydroxylation is 1. The highest BCUT2D eigenvalue weighted by molar-refractivity contribution is 6.30. The molecule has 1 fully saturated rings. The standard InChI is InChI=1S/C13H17ClN2O3/c1-8-4-9(14)2-3-10(8)15-13(19)7-16-5-11(17)12(18)6-16/h2-4,11-12,17-18H,5-7H2,1H3,(H,15,19). The van der Waals surface area contributed by atoms with E-state index in [1.165, 1.54) is 0 Å². The molecule has 0 spiro atoms. The molecular weight excluding hydrogens is 268 g/mol. The Morgan fingerprint density at radius 1 is 1.42 bits per heavy atom. The van der Waals surface area contributed by atoms with E-state index in [0.29, 0.717) is 18.1 Å². The van der Waals surface area contributed by atoms with Crippen molar-refractivity contribution >= 4 is 23.2 Å². The zero-order valence-corrected chi connectivity index (χ0v) is 11.4. The lowest BCUT2D eigenvalue weighted by molar-refractivity contribution is -0.117. The molecule has 2 atom stereocenters. The molecule has 0 aliphatic carbocycles. The summed E-state index contributed by atoms with van der Waals surface area (Å²) < 4.78 is 0. The molecule has 5 nitrogen and oxygen atoms in total. The van der Waals surface area contributed by atoms with Gasteiger partial charge in [-0.25, -0.2) is 0 Å². The maximum atomic E-state index is 11.9. The zero-order valence-electron chi connectivity index (χ0n) is 10.6. The van der Waals surface area contributed by atoms with Crippen LogP contribution in [0.15, 0.2) is 18.2 Å². The predicted octanol–water partition coefficient (Wildman–Crippen LogP) is 0.624. The zero-order chi connectivity index (χ0) is 14.0. The fraction of sp³-hybridized carbons (Fsp3) is 0.462. The minimum Gasteiger partial charge on any atom is -0.389 e. The minimum atomic E-state index is -0.773. The fourth-order valence-corrected chi connectivity index (χ4v) is 2.36. The molecule has 1 aliphatic heterocycles. The van der Waals surface area contributed by atoms with Crippen LogP contribution in [0.3, 0.4) is 0 Å². The molecule has 2 unspecified atom stereocenters. The second-order valence-corrected chi connectivity index (χ2v) is 5.27. The Balaban J connectivity index is 1.91. The van der Waals surface area contributed by atoms with Crippen molar-refractivity contribution in [2.45, 2.75) is 19.1 Å². The van der Waals surface area contributed by atoms with Crippen molar-refractivity contribution in [1.82, 2.24) is 4.90 Å². The summed E-state index contributed by atoms with van der Waals surface area (Å²) in [5, 5.41) is 22.2. The molecule has 1 aromatic carbocycles. The summed E-state index contributed by atoms with van der Waals surface area (Å²) in [5.41, 5.74) is 1.61. The quantitative estimate of drug-likeness (QED) is 0.761. The largest absolute Gasteiger partial charge is 0.389 e. The number of amides is 1. The van der Waals surface area contributed by atoms with Crippen LogP contribution < -0.4 is 5.32 Å². The van der Waals surface area contributed by atoms with Gasteiger partial charge in [0.2, 0.25) is 5.91 Å². The molecule has 0 bridgehead atoms. The Bertz CT molecular complexity index is 471. The first kappa shape index (κ1) is 14.3. The lowest BCUT2D eigenvalue weighted by Gasteiger charge is -2.15. The van der Waals surface area contributed by atoms with Crippen molar-refractivity contribution in [3.8, 4) is 0 Å². The molecular formula is C13H17ClN2O3. The second-order valence-electron chi connectivity index (χ2n) is 4.84. The number of halogens is 1. The molecule has 1 heterocycles. The van der Waals surface area contributed by atoms with Crippen molar-refractivity contribution in [2.75, 3.05) is 25.0 Å². The minimum absolute atomic E-state index is 0.149. The Hall–Kier alpha value is -1.14. The number of carbonyl (C=O) groups is 1. The van der Waals surface area contributed by atoms with Crippen LogP contribution in [0, 0.1) is 6.92 Å². The van der Waals surface area contributed by atoms with Crippen LogP contribution in [0.5, 0.6) is 0 Å². The van der Waals surface area contributed by atoms with E-state index >= 15 is 0 Å². The summed E-state index contributed by atoms with van der Waals surface area (Å²) >= 11 is 5.85. The van der Waals surface area contributed by atoms with Crippen molar-refractivity contribution in [2.24, 2.45) is 0 Å². The van der Waals surface area contributed by atoms with Crippen molar-refractivity contribution < 1.29 is 15.0 Å². The van der Waals surface area contributed by atoms with Crippen LogP contribution in [0.2, 0.25) is 5.02 Å². The first-order valence-corrected chi connectivity index (χ1v) is 6.48. The highest BCUT2D eigenvalue weighted by Crippen LogP contribution is 2.19. The molecule has 104 valence electrons. The van der Waals surface area contributed by atoms with E-state index < -0.39 is 12.2 Å². The van der Waals surface area contributed by atoms with Gasteiger partial charge in [0.1, 0.15) is 0 Å². The molecule has 0 saturated carbocycles. The van der Waals surface area contributed by atoms with E-state index in [1.54, 1.807) is 23.1 Å². The van der Waals surface area contributed by atoms with Gasteiger partial charge in [-0.05, 0) is 30.7 Å². The molecule has 19 heavy (non-hydrogen) atoms. The molecule has 6 heteroatoms. The van der Waals surface area contributed by atoms with Gasteiger partial charge in [0.15, 0.2) is 0 Å². The molecule has 3 N–H and O–H groups in total. The van der Waals surface area contributed by atoms with E-state index in [4.69, 9.17) is 11.6 Å². The van der Waals surface area contributed by atoms with Crippen molar-refractivity contribution in [3.63, 3.8) is 0 Å². The van der Waals surface area contributed by atoms with Gasteiger partial charge >= 0.3 is 0 Å². The van der Waals surface area contributed by atoms with Crippen LogP contribution in [0.1, 0.15) is 5.56 Å². The molecule has 1 aliphatic rings. The van der Waals surface area contributed by atoms with Crippen LogP contribution in [0.25, 0.3) is 0 Å². The SMILES string of the molecule is Cc1cc(Cl)ccc1NC(=O)CN1CC(O)C(O)C1. The Kier molecular flexibility index (Phi) is 4.42. The highest BCUT2D eigenvalue weighted by atomic mass is 35.5. The first-order valence-electron chi connectivity index (χ1n) is 6.10. The number of hydrogen-bond acceptors (Lipinski definition) is 4. The summed E-state index contributed by atoms with van der Waals surface area (Å²) in [6.07, 6.45) is -1.55. The number of hydrogen-bond donors (Lipinski definition) is 3. The number of aliphatic hydroxyl groups is 2. The van der Waals surface area contributed by atoms with Crippen molar-refractivity contribution in [1.29, 1.82) is 0 Å². The number of nitrogens with zero attached hydrogens (tertiary/aromatic N) is 1. The van der Waals surface area contributed by atoms with Gasteiger partial charge in [0.05, 0.1) is 18.8 Å². The average molecular weight is 285 g/mol. The van der Waals surface area contributed by atoms with Gasteiger partial charge in [0.25, 0.3) is 0 Å². The number of anilines is 1. The summed E-state index contributed by atoms with van der Waals surface area (Å²) in [4.78, 5) is 13.6. The monoisotopic (exact) mass is 284 g/mol. The third-order valence-corrected chi connectivity index (χ3v) is 3.40. The predicted molar refractivity (Wildman–Crippen MR) is 73.3 cm³/mol. The molecule has 0 radical (unpaired) electrons. The Labute approximate surface area is 116 Å². The molecule has 2 rings (SSSR count). The van der Waals surface area contributed by atoms with E-state index in [1.807, 2.05) is 6.92 Å². The number of nitrogens with one attached hydrogen (secondary N) is 1. The first-order chi connectivity index (χ1) is 8.95. The number of aliphatic hydroxyl groups excluding tert-OH is 2. The second kappa shape index (κ2) is 5.88. The van der Waals surface area contributed by atoms with Gasteiger partial charge in [0, 0.05) is 23.8 Å². The van der Waals surface area contributed by atoms with E-state index in [-0.39, 0.29) is 12.5 Å². The maximum Gasteiger partial charge on any atom is 0.238 e. The van der Waals surface area contributed by atoms with E-state index in [0.717, 1.165) is 11.3 Å².